The number of ether oxygens (including phenoxy) is 1. The molecule has 0 heterocycles. The Morgan fingerprint density at radius 1 is 1.62 bits per heavy atom. The van der Waals surface area contributed by atoms with Crippen LogP contribution in [0.25, 0.3) is 0 Å². The third-order valence-corrected chi connectivity index (χ3v) is 2.01. The smallest absolute Gasteiger partial charge is 0.222 e. The fourth-order valence-corrected chi connectivity index (χ4v) is 1.01. The molecular weight excluding hydrogens is 170 g/mol. The number of carbonyl (C=O) groups excluding carboxylic acids is 1. The van der Waals surface area contributed by atoms with Crippen LogP contribution in [-0.2, 0) is 9.53 Å². The van der Waals surface area contributed by atoms with Gasteiger partial charge in [-0.05, 0) is 13.3 Å². The molecule has 0 spiro atoms. The van der Waals surface area contributed by atoms with Crippen molar-refractivity contribution in [1.82, 2.24) is 4.90 Å². The predicted molar refractivity (Wildman–Crippen MR) is 50.4 cm³/mol. The van der Waals surface area contributed by atoms with Crippen molar-refractivity contribution in [3.05, 3.63) is 0 Å². The van der Waals surface area contributed by atoms with E-state index < -0.39 is 0 Å². The number of likely N-dealkylation sites (N-methyl/N-ethyl adjacent to an activating group) is 1. The van der Waals surface area contributed by atoms with Crippen LogP contribution in [-0.4, -0.2) is 49.3 Å². The molecule has 0 saturated carbocycles. The van der Waals surface area contributed by atoms with Crippen LogP contribution >= 0.6 is 0 Å². The molecule has 1 amide bonds. The highest BCUT2D eigenvalue weighted by Crippen LogP contribution is 2.01. The summed E-state index contributed by atoms with van der Waals surface area (Å²) >= 11 is 0. The van der Waals surface area contributed by atoms with Gasteiger partial charge < -0.3 is 14.7 Å². The molecule has 0 aliphatic carbocycles. The predicted octanol–water partition coefficient (Wildman–Crippen LogP) is 0.252. The molecule has 78 valence electrons. The number of aliphatic hydroxyl groups is 1. The zero-order valence-electron chi connectivity index (χ0n) is 8.62. The van der Waals surface area contributed by atoms with Crippen LogP contribution in [0.15, 0.2) is 0 Å². The number of amides is 1. The van der Waals surface area contributed by atoms with Gasteiger partial charge in [-0.2, -0.15) is 0 Å². The summed E-state index contributed by atoms with van der Waals surface area (Å²) in [4.78, 5) is 13.0. The van der Waals surface area contributed by atoms with E-state index in [1.54, 1.807) is 19.1 Å². The summed E-state index contributed by atoms with van der Waals surface area (Å²) in [6.07, 6.45) is 0.934. The zero-order chi connectivity index (χ0) is 10.3. The van der Waals surface area contributed by atoms with Gasteiger partial charge in [0.2, 0.25) is 5.91 Å². The van der Waals surface area contributed by atoms with Crippen LogP contribution in [0.1, 0.15) is 19.8 Å². The van der Waals surface area contributed by atoms with Gasteiger partial charge in [0.1, 0.15) is 0 Å². The van der Waals surface area contributed by atoms with Crippen molar-refractivity contribution in [1.29, 1.82) is 0 Å². The average Bonchev–Trinajstić information content (AvgIpc) is 2.13. The number of nitrogens with zero attached hydrogens (tertiary/aromatic N) is 1. The molecule has 0 aromatic carbocycles. The van der Waals surface area contributed by atoms with Crippen molar-refractivity contribution in [2.75, 3.05) is 27.4 Å². The first-order chi connectivity index (χ1) is 6.13. The maximum Gasteiger partial charge on any atom is 0.222 e. The third-order valence-electron chi connectivity index (χ3n) is 2.01. The summed E-state index contributed by atoms with van der Waals surface area (Å²) < 4.78 is 4.94. The summed E-state index contributed by atoms with van der Waals surface area (Å²) in [5.74, 6) is 0.0543. The molecule has 4 heteroatoms. The Morgan fingerprint density at radius 3 is 2.69 bits per heavy atom. The number of rotatable bonds is 6. The quantitative estimate of drug-likeness (QED) is 0.651. The Morgan fingerprint density at radius 2 is 2.23 bits per heavy atom. The van der Waals surface area contributed by atoms with Crippen LogP contribution in [0, 0.1) is 0 Å². The summed E-state index contributed by atoms with van der Waals surface area (Å²) in [6.45, 7) is 2.54. The molecule has 1 unspecified atom stereocenters. The molecule has 0 saturated heterocycles. The van der Waals surface area contributed by atoms with E-state index in [9.17, 15) is 4.79 Å². The van der Waals surface area contributed by atoms with Gasteiger partial charge in [-0.25, -0.2) is 0 Å². The van der Waals surface area contributed by atoms with Crippen LogP contribution in [0.3, 0.4) is 0 Å². The second kappa shape index (κ2) is 6.86. The van der Waals surface area contributed by atoms with Crippen LogP contribution in [0.5, 0.6) is 0 Å². The topological polar surface area (TPSA) is 49.8 Å². The van der Waals surface area contributed by atoms with Crippen LogP contribution in [0.2, 0.25) is 0 Å². The fraction of sp³-hybridized carbons (Fsp3) is 0.889. The van der Waals surface area contributed by atoms with Crippen LogP contribution in [0.4, 0.5) is 0 Å². The summed E-state index contributed by atoms with van der Waals surface area (Å²) in [7, 11) is 3.37. The monoisotopic (exact) mass is 189 g/mol. The number of aliphatic hydroxyl groups excluding tert-OH is 1. The molecule has 0 rings (SSSR count). The van der Waals surface area contributed by atoms with Crippen molar-refractivity contribution in [2.45, 2.75) is 25.8 Å². The van der Waals surface area contributed by atoms with E-state index in [0.29, 0.717) is 19.4 Å². The van der Waals surface area contributed by atoms with E-state index in [2.05, 4.69) is 0 Å². The van der Waals surface area contributed by atoms with E-state index in [1.165, 1.54) is 0 Å². The molecule has 1 atom stereocenters. The highest BCUT2D eigenvalue weighted by molar-refractivity contribution is 5.76. The van der Waals surface area contributed by atoms with Crippen LogP contribution < -0.4 is 0 Å². The number of carbonyl (C=O) groups is 1. The minimum absolute atomic E-state index is 0.0543. The summed E-state index contributed by atoms with van der Waals surface area (Å²) in [5, 5.41) is 8.54. The molecule has 0 aromatic rings. The van der Waals surface area contributed by atoms with Crippen molar-refractivity contribution in [2.24, 2.45) is 0 Å². The molecule has 0 aliphatic heterocycles. The Labute approximate surface area is 79.5 Å². The van der Waals surface area contributed by atoms with Gasteiger partial charge in [0.15, 0.2) is 0 Å². The van der Waals surface area contributed by atoms with E-state index in [-0.39, 0.29) is 18.6 Å². The van der Waals surface area contributed by atoms with Gasteiger partial charge >= 0.3 is 0 Å². The Bertz CT molecular complexity index is 150. The lowest BCUT2D eigenvalue weighted by Gasteiger charge is -2.24. The second-order valence-corrected chi connectivity index (χ2v) is 3.14. The molecule has 13 heavy (non-hydrogen) atoms. The Hall–Kier alpha value is -0.610. The molecule has 0 fully saturated rings. The Balaban J connectivity index is 3.79. The molecule has 0 bridgehead atoms. The summed E-state index contributed by atoms with van der Waals surface area (Å²) in [5.41, 5.74) is 0. The molecule has 0 radical (unpaired) electrons. The number of methoxy groups -OCH3 is 1. The fourth-order valence-electron chi connectivity index (χ4n) is 1.01. The SMILES string of the molecule is COCC(C)N(C)C(=O)CCCO. The zero-order valence-corrected chi connectivity index (χ0v) is 8.62. The van der Waals surface area contributed by atoms with Gasteiger partial charge in [0, 0.05) is 27.2 Å². The second-order valence-electron chi connectivity index (χ2n) is 3.14. The standard InChI is InChI=1S/C9H19NO3/c1-8(7-13-3)10(2)9(12)5-4-6-11/h8,11H,4-7H2,1-3H3. The maximum absolute atomic E-state index is 11.4. The van der Waals surface area contributed by atoms with Crippen molar-refractivity contribution < 1.29 is 14.6 Å². The molecule has 0 aromatic heterocycles. The third kappa shape index (κ3) is 4.85. The maximum atomic E-state index is 11.4. The molecule has 1 N–H and O–H groups in total. The first kappa shape index (κ1) is 12.4. The molecular formula is C9H19NO3. The minimum atomic E-state index is 0.0543. The normalized spacial score (nSPS) is 12.6. The van der Waals surface area contributed by atoms with Crippen molar-refractivity contribution >= 4 is 5.91 Å². The average molecular weight is 189 g/mol. The van der Waals surface area contributed by atoms with Gasteiger partial charge in [-0.3, -0.25) is 4.79 Å². The summed E-state index contributed by atoms with van der Waals surface area (Å²) in [6, 6.07) is 0.0937. The largest absolute Gasteiger partial charge is 0.396 e. The Kier molecular flexibility index (Phi) is 6.54. The molecule has 0 aliphatic rings. The van der Waals surface area contributed by atoms with Gasteiger partial charge in [-0.1, -0.05) is 0 Å². The number of hydrogen-bond acceptors (Lipinski definition) is 3. The lowest BCUT2D eigenvalue weighted by atomic mass is 10.2. The van der Waals surface area contributed by atoms with E-state index in [1.807, 2.05) is 6.92 Å². The van der Waals surface area contributed by atoms with Gasteiger partial charge in [0.05, 0.1) is 12.6 Å². The first-order valence-corrected chi connectivity index (χ1v) is 4.49. The highest BCUT2D eigenvalue weighted by Gasteiger charge is 2.14. The minimum Gasteiger partial charge on any atom is -0.396 e. The van der Waals surface area contributed by atoms with Gasteiger partial charge in [-0.15, -0.1) is 0 Å². The van der Waals surface area contributed by atoms with E-state index >= 15 is 0 Å². The van der Waals surface area contributed by atoms with Crippen molar-refractivity contribution in [3.63, 3.8) is 0 Å². The highest BCUT2D eigenvalue weighted by atomic mass is 16.5. The number of hydrogen-bond donors (Lipinski definition) is 1. The lowest BCUT2D eigenvalue weighted by molar-refractivity contribution is -0.132. The van der Waals surface area contributed by atoms with Crippen molar-refractivity contribution in [3.8, 4) is 0 Å². The molecule has 4 nitrogen and oxygen atoms in total. The van der Waals surface area contributed by atoms with E-state index in [4.69, 9.17) is 9.84 Å². The first-order valence-electron chi connectivity index (χ1n) is 4.49. The van der Waals surface area contributed by atoms with E-state index in [0.717, 1.165) is 0 Å². The lowest BCUT2D eigenvalue weighted by Crippen LogP contribution is -2.37. The van der Waals surface area contributed by atoms with Gasteiger partial charge in [0.25, 0.3) is 0 Å².